The fourth-order valence-corrected chi connectivity index (χ4v) is 4.27. The van der Waals surface area contributed by atoms with Crippen LogP contribution < -0.4 is 4.74 Å². The van der Waals surface area contributed by atoms with Crippen LogP contribution in [0.15, 0.2) is 90.0 Å². The Labute approximate surface area is 190 Å². The molecular formula is C26H19N3O2S. The molecule has 5 nitrogen and oxygen atoms in total. The van der Waals surface area contributed by atoms with Crippen LogP contribution >= 0.6 is 12.2 Å². The molecule has 0 amide bonds. The van der Waals surface area contributed by atoms with E-state index in [0.29, 0.717) is 16.0 Å². The third-order valence-corrected chi connectivity index (χ3v) is 5.73. The molecule has 6 heteroatoms. The van der Waals surface area contributed by atoms with Crippen molar-refractivity contribution in [1.82, 2.24) is 9.24 Å². The fourth-order valence-electron chi connectivity index (χ4n) is 3.94. The van der Waals surface area contributed by atoms with Crippen molar-refractivity contribution in [3.63, 3.8) is 0 Å². The number of methoxy groups -OCH3 is 1. The number of hydrogen-bond donors (Lipinski definition) is 0. The van der Waals surface area contributed by atoms with Gasteiger partial charge in [-0.1, -0.05) is 60.7 Å². The lowest BCUT2D eigenvalue weighted by Gasteiger charge is -2.07. The van der Waals surface area contributed by atoms with Gasteiger partial charge < -0.3 is 4.74 Å². The molecule has 5 rings (SSSR count). The van der Waals surface area contributed by atoms with Gasteiger partial charge in [0.2, 0.25) is 10.6 Å². The van der Waals surface area contributed by atoms with Gasteiger partial charge in [-0.15, -0.1) is 0 Å². The van der Waals surface area contributed by atoms with Crippen LogP contribution in [0.4, 0.5) is 0 Å². The number of carbonyl (C=O) groups excluding carboxylic acids is 1. The number of ether oxygens (including phenoxy) is 1. The number of fused-ring (bicyclic) bond motifs is 3. The minimum absolute atomic E-state index is 0.0813. The Balaban J connectivity index is 1.63. The molecule has 3 aromatic carbocycles. The summed E-state index contributed by atoms with van der Waals surface area (Å²) in [5.74, 6) is 0.692. The molecule has 0 N–H and O–H groups in total. The van der Waals surface area contributed by atoms with Crippen molar-refractivity contribution in [3.8, 4) is 22.7 Å². The zero-order valence-electron chi connectivity index (χ0n) is 17.3. The number of imidazole rings is 1. The van der Waals surface area contributed by atoms with Gasteiger partial charge in [0, 0.05) is 28.6 Å². The van der Waals surface area contributed by atoms with Crippen LogP contribution in [0.5, 0.6) is 5.75 Å². The summed E-state index contributed by atoms with van der Waals surface area (Å²) in [5, 5.41) is 4.55. The summed E-state index contributed by atoms with van der Waals surface area (Å²) in [6.45, 7) is 0. The van der Waals surface area contributed by atoms with Gasteiger partial charge in [0.05, 0.1) is 12.8 Å². The number of aromatic nitrogens is 2. The minimum atomic E-state index is -0.0813. The van der Waals surface area contributed by atoms with Crippen LogP contribution in [-0.4, -0.2) is 28.4 Å². The van der Waals surface area contributed by atoms with Crippen LogP contribution in [0.3, 0.4) is 0 Å². The molecular weight excluding hydrogens is 418 g/mol. The molecule has 0 spiro atoms. The number of allylic oxidation sites excluding steroid dienone is 1. The van der Waals surface area contributed by atoms with E-state index < -0.39 is 0 Å². The lowest BCUT2D eigenvalue weighted by Crippen LogP contribution is -2.04. The molecule has 0 fully saturated rings. The van der Waals surface area contributed by atoms with Gasteiger partial charge in [0.15, 0.2) is 0 Å². The summed E-state index contributed by atoms with van der Waals surface area (Å²) in [6, 6.07) is 25.1. The van der Waals surface area contributed by atoms with E-state index in [1.54, 1.807) is 24.1 Å². The van der Waals surface area contributed by atoms with Crippen molar-refractivity contribution in [2.24, 2.45) is 5.10 Å². The summed E-state index contributed by atoms with van der Waals surface area (Å²) < 4.78 is 9.27. The Kier molecular flexibility index (Phi) is 5.13. The molecule has 1 aliphatic rings. The topological polar surface area (TPSA) is 48.5 Å². The third kappa shape index (κ3) is 3.21. The number of para-hydroxylation sites is 2. The first-order chi connectivity index (χ1) is 15.7. The second-order valence-electron chi connectivity index (χ2n) is 7.20. The number of ketones is 1. The van der Waals surface area contributed by atoms with Gasteiger partial charge in [-0.25, -0.2) is 4.68 Å². The van der Waals surface area contributed by atoms with Crippen LogP contribution in [0, 0.1) is 4.77 Å². The number of benzene rings is 3. The summed E-state index contributed by atoms with van der Waals surface area (Å²) in [7, 11) is 1.64. The summed E-state index contributed by atoms with van der Waals surface area (Å²) in [5.41, 5.74) is 4.58. The number of carbonyl (C=O) groups is 1. The van der Waals surface area contributed by atoms with Crippen LogP contribution in [0.25, 0.3) is 23.0 Å². The highest BCUT2D eigenvalue weighted by molar-refractivity contribution is 7.71. The third-order valence-electron chi connectivity index (χ3n) is 5.37. The Bertz CT molecular complexity index is 1450. The molecule has 0 saturated heterocycles. The Morgan fingerprint density at radius 3 is 2.34 bits per heavy atom. The second kappa shape index (κ2) is 8.24. The van der Waals surface area contributed by atoms with Crippen LogP contribution in [-0.2, 0) is 0 Å². The first-order valence-electron chi connectivity index (χ1n) is 10.1. The van der Waals surface area contributed by atoms with Crippen LogP contribution in [0.1, 0.15) is 21.6 Å². The van der Waals surface area contributed by atoms with Crippen molar-refractivity contribution in [2.75, 3.05) is 7.11 Å². The number of hydrogen-bond acceptors (Lipinski definition) is 4. The van der Waals surface area contributed by atoms with Crippen molar-refractivity contribution in [3.05, 3.63) is 107 Å². The highest BCUT2D eigenvalue weighted by Crippen LogP contribution is 2.39. The van der Waals surface area contributed by atoms with E-state index in [0.717, 1.165) is 28.3 Å². The van der Waals surface area contributed by atoms with E-state index in [1.165, 1.54) is 0 Å². The van der Waals surface area contributed by atoms with Gasteiger partial charge in [0.25, 0.3) is 0 Å². The molecule has 1 aromatic heterocycles. The van der Waals surface area contributed by atoms with Crippen molar-refractivity contribution in [2.45, 2.75) is 0 Å². The Morgan fingerprint density at radius 2 is 1.56 bits per heavy atom. The highest BCUT2D eigenvalue weighted by atomic mass is 32.1. The summed E-state index contributed by atoms with van der Waals surface area (Å²) in [6.07, 6.45) is 5.34. The standard InChI is InChI=1S/C26H19N3O2S/c1-31-22-16-8-5-10-18(22)11-9-17-27-29-24-23(20-14-6-7-15-21(20)25(24)30)28(26(29)32)19-12-3-2-4-13-19/h2-17H,1H3/b11-9+,27-17+. The monoisotopic (exact) mass is 437 g/mol. The summed E-state index contributed by atoms with van der Waals surface area (Å²) >= 11 is 5.76. The molecule has 1 heterocycles. The summed E-state index contributed by atoms with van der Waals surface area (Å²) in [4.78, 5) is 13.3. The fraction of sp³-hybridized carbons (Fsp3) is 0.0385. The van der Waals surface area contributed by atoms with Crippen molar-refractivity contribution in [1.29, 1.82) is 0 Å². The zero-order chi connectivity index (χ0) is 22.1. The molecule has 4 aromatic rings. The van der Waals surface area contributed by atoms with Gasteiger partial charge in [-0.3, -0.25) is 9.36 Å². The van der Waals surface area contributed by atoms with Gasteiger partial charge in [-0.2, -0.15) is 5.10 Å². The molecule has 0 saturated carbocycles. The van der Waals surface area contributed by atoms with E-state index in [1.807, 2.05) is 89.5 Å². The maximum atomic E-state index is 13.3. The predicted molar refractivity (Wildman–Crippen MR) is 129 cm³/mol. The first-order valence-corrected chi connectivity index (χ1v) is 10.5. The first kappa shape index (κ1) is 19.9. The smallest absolute Gasteiger partial charge is 0.214 e. The SMILES string of the molecule is COc1ccccc1/C=C/C=N/n1c2c(n(-c3ccccc3)c1=S)-c1ccccc1C2=O. The molecule has 0 radical (unpaired) electrons. The largest absolute Gasteiger partial charge is 0.496 e. The number of nitrogens with zero attached hydrogens (tertiary/aromatic N) is 3. The molecule has 0 bridgehead atoms. The second-order valence-corrected chi connectivity index (χ2v) is 7.57. The quantitative estimate of drug-likeness (QED) is 0.259. The van der Waals surface area contributed by atoms with E-state index in [2.05, 4.69) is 5.10 Å². The van der Waals surface area contributed by atoms with Gasteiger partial charge in [0.1, 0.15) is 11.4 Å². The average Bonchev–Trinajstić information content (AvgIpc) is 3.29. The Morgan fingerprint density at radius 1 is 0.875 bits per heavy atom. The lowest BCUT2D eigenvalue weighted by atomic mass is 10.1. The van der Waals surface area contributed by atoms with Crippen LogP contribution in [0.2, 0.25) is 0 Å². The van der Waals surface area contributed by atoms with Crippen molar-refractivity contribution >= 4 is 30.3 Å². The minimum Gasteiger partial charge on any atom is -0.496 e. The molecule has 156 valence electrons. The van der Waals surface area contributed by atoms with Gasteiger partial charge in [-0.05, 0) is 42.6 Å². The molecule has 0 unspecified atom stereocenters. The zero-order valence-corrected chi connectivity index (χ0v) is 18.1. The predicted octanol–water partition coefficient (Wildman–Crippen LogP) is 5.78. The highest BCUT2D eigenvalue weighted by Gasteiger charge is 2.34. The molecule has 32 heavy (non-hydrogen) atoms. The maximum absolute atomic E-state index is 13.3. The van der Waals surface area contributed by atoms with Gasteiger partial charge >= 0.3 is 0 Å². The van der Waals surface area contributed by atoms with E-state index in [-0.39, 0.29) is 5.78 Å². The average molecular weight is 438 g/mol. The maximum Gasteiger partial charge on any atom is 0.214 e. The molecule has 1 aliphatic carbocycles. The van der Waals surface area contributed by atoms with E-state index in [9.17, 15) is 4.79 Å². The van der Waals surface area contributed by atoms with Crippen molar-refractivity contribution < 1.29 is 9.53 Å². The molecule has 0 aliphatic heterocycles. The number of rotatable bonds is 5. The van der Waals surface area contributed by atoms with E-state index in [4.69, 9.17) is 17.0 Å². The normalized spacial score (nSPS) is 12.5. The lowest BCUT2D eigenvalue weighted by molar-refractivity contribution is 0.103. The van der Waals surface area contributed by atoms with E-state index >= 15 is 0 Å². The molecule has 0 atom stereocenters. The Hall–Kier alpha value is -4.03.